The molecule has 106 valence electrons. The number of nitrogens with zero attached hydrogens (tertiary/aromatic N) is 1. The minimum atomic E-state index is -2.58. The van der Waals surface area contributed by atoms with E-state index >= 15 is 0 Å². The van der Waals surface area contributed by atoms with Crippen LogP contribution in [0.4, 0.5) is 8.78 Å². The molecule has 0 bridgehead atoms. The smallest absolute Gasteiger partial charge is 0.290 e. The van der Waals surface area contributed by atoms with E-state index in [0.29, 0.717) is 18.3 Å². The van der Waals surface area contributed by atoms with Crippen LogP contribution in [0.1, 0.15) is 43.0 Å². The molecule has 0 aliphatic heterocycles. The summed E-state index contributed by atoms with van der Waals surface area (Å²) >= 11 is 0.295. The number of alkyl halides is 2. The SMILES string of the molecule is CCCCCCNC(=O)c1cccnc1SC(F)F. The molecule has 0 atom stereocenters. The number of thioether (sulfide) groups is 1. The van der Waals surface area contributed by atoms with Gasteiger partial charge in [0.2, 0.25) is 0 Å². The predicted octanol–water partition coefficient (Wildman–Crippen LogP) is 3.71. The lowest BCUT2D eigenvalue weighted by Crippen LogP contribution is -2.25. The van der Waals surface area contributed by atoms with E-state index in [9.17, 15) is 13.6 Å². The molecule has 0 fully saturated rings. The third-order valence-corrected chi connectivity index (χ3v) is 3.26. The van der Waals surface area contributed by atoms with Crippen LogP contribution in [0.3, 0.4) is 0 Å². The molecule has 0 saturated carbocycles. The fourth-order valence-electron chi connectivity index (χ4n) is 1.59. The number of pyridine rings is 1. The maximum absolute atomic E-state index is 12.3. The van der Waals surface area contributed by atoms with E-state index in [4.69, 9.17) is 0 Å². The Labute approximate surface area is 116 Å². The number of aromatic nitrogens is 1. The monoisotopic (exact) mass is 288 g/mol. The molecule has 0 saturated heterocycles. The summed E-state index contributed by atoms with van der Waals surface area (Å²) in [6.45, 7) is 2.68. The third kappa shape index (κ3) is 6.00. The second-order valence-electron chi connectivity index (χ2n) is 4.05. The van der Waals surface area contributed by atoms with Crippen molar-refractivity contribution in [3.8, 4) is 0 Å². The number of unbranched alkanes of at least 4 members (excludes halogenated alkanes) is 3. The van der Waals surface area contributed by atoms with Crippen LogP contribution in [-0.4, -0.2) is 23.2 Å². The molecule has 3 nitrogen and oxygen atoms in total. The van der Waals surface area contributed by atoms with E-state index in [1.54, 1.807) is 6.07 Å². The summed E-state index contributed by atoms with van der Waals surface area (Å²) in [5.74, 6) is -2.92. The minimum Gasteiger partial charge on any atom is -0.352 e. The van der Waals surface area contributed by atoms with Crippen molar-refractivity contribution in [2.24, 2.45) is 0 Å². The average molecular weight is 288 g/mol. The Morgan fingerprint density at radius 1 is 1.42 bits per heavy atom. The van der Waals surface area contributed by atoms with Crippen molar-refractivity contribution in [3.63, 3.8) is 0 Å². The number of amides is 1. The Morgan fingerprint density at radius 2 is 2.21 bits per heavy atom. The summed E-state index contributed by atoms with van der Waals surface area (Å²) in [5, 5.41) is 2.81. The number of halogens is 2. The molecule has 0 aliphatic carbocycles. The highest BCUT2D eigenvalue weighted by Crippen LogP contribution is 2.26. The van der Waals surface area contributed by atoms with Gasteiger partial charge in [-0.05, 0) is 30.3 Å². The molecular weight excluding hydrogens is 270 g/mol. The van der Waals surface area contributed by atoms with E-state index in [1.165, 1.54) is 12.3 Å². The summed E-state index contributed by atoms with van der Waals surface area (Å²) in [6, 6.07) is 3.08. The van der Waals surface area contributed by atoms with Gasteiger partial charge in [0, 0.05) is 12.7 Å². The highest BCUT2D eigenvalue weighted by molar-refractivity contribution is 7.99. The van der Waals surface area contributed by atoms with Gasteiger partial charge in [0.15, 0.2) is 0 Å². The maximum Gasteiger partial charge on any atom is 0.290 e. The minimum absolute atomic E-state index is 0.0727. The number of rotatable bonds is 8. The zero-order valence-electron chi connectivity index (χ0n) is 10.9. The van der Waals surface area contributed by atoms with Gasteiger partial charge < -0.3 is 5.32 Å². The predicted molar refractivity (Wildman–Crippen MR) is 72.6 cm³/mol. The molecule has 1 aromatic rings. The van der Waals surface area contributed by atoms with Crippen molar-refractivity contribution in [1.29, 1.82) is 0 Å². The fraction of sp³-hybridized carbons (Fsp3) is 0.538. The van der Waals surface area contributed by atoms with Crippen LogP contribution in [0.5, 0.6) is 0 Å². The van der Waals surface area contributed by atoms with Gasteiger partial charge in [0.1, 0.15) is 5.03 Å². The van der Waals surface area contributed by atoms with E-state index in [2.05, 4.69) is 17.2 Å². The van der Waals surface area contributed by atoms with Gasteiger partial charge in [-0.15, -0.1) is 0 Å². The Morgan fingerprint density at radius 3 is 2.89 bits per heavy atom. The molecule has 1 heterocycles. The van der Waals surface area contributed by atoms with Crippen LogP contribution in [0.2, 0.25) is 0 Å². The molecule has 6 heteroatoms. The van der Waals surface area contributed by atoms with Gasteiger partial charge >= 0.3 is 0 Å². The number of hydrogen-bond acceptors (Lipinski definition) is 3. The quantitative estimate of drug-likeness (QED) is 0.586. The molecule has 1 aromatic heterocycles. The van der Waals surface area contributed by atoms with Gasteiger partial charge in [0.05, 0.1) is 5.56 Å². The highest BCUT2D eigenvalue weighted by Gasteiger charge is 2.15. The zero-order chi connectivity index (χ0) is 14.1. The summed E-state index contributed by atoms with van der Waals surface area (Å²) in [6.07, 6.45) is 5.63. The molecule has 1 rings (SSSR count). The van der Waals surface area contributed by atoms with Crippen molar-refractivity contribution in [2.45, 2.75) is 43.4 Å². The highest BCUT2D eigenvalue weighted by atomic mass is 32.2. The average Bonchev–Trinajstić information content (AvgIpc) is 2.38. The molecule has 0 unspecified atom stereocenters. The molecule has 1 N–H and O–H groups in total. The fourth-order valence-corrected chi connectivity index (χ4v) is 2.17. The topological polar surface area (TPSA) is 42.0 Å². The van der Waals surface area contributed by atoms with Crippen molar-refractivity contribution in [3.05, 3.63) is 23.9 Å². The number of nitrogens with one attached hydrogen (secondary N) is 1. The van der Waals surface area contributed by atoms with Gasteiger partial charge in [-0.3, -0.25) is 4.79 Å². The second kappa shape index (κ2) is 8.85. The van der Waals surface area contributed by atoms with Crippen molar-refractivity contribution in [2.75, 3.05) is 6.54 Å². The van der Waals surface area contributed by atoms with Gasteiger partial charge in [-0.1, -0.05) is 26.2 Å². The first kappa shape index (κ1) is 15.9. The molecule has 0 aromatic carbocycles. The van der Waals surface area contributed by atoms with Crippen molar-refractivity contribution in [1.82, 2.24) is 10.3 Å². The summed E-state index contributed by atoms with van der Waals surface area (Å²) in [4.78, 5) is 15.7. The third-order valence-electron chi connectivity index (χ3n) is 2.53. The van der Waals surface area contributed by atoms with Gasteiger partial charge in [-0.2, -0.15) is 8.78 Å². The second-order valence-corrected chi connectivity index (χ2v) is 5.03. The summed E-state index contributed by atoms with van der Waals surface area (Å²) in [7, 11) is 0. The first-order chi connectivity index (χ1) is 9.15. The lowest BCUT2D eigenvalue weighted by Gasteiger charge is -2.08. The standard InChI is InChI=1S/C13H18F2N2OS/c1-2-3-4-5-8-16-11(18)10-7-6-9-17-12(10)19-13(14)15/h6-7,9,13H,2-5,8H2,1H3,(H,16,18). The van der Waals surface area contributed by atoms with Gasteiger partial charge in [-0.25, -0.2) is 4.98 Å². The lowest BCUT2D eigenvalue weighted by atomic mass is 10.2. The molecule has 19 heavy (non-hydrogen) atoms. The zero-order valence-corrected chi connectivity index (χ0v) is 11.7. The van der Waals surface area contributed by atoms with Crippen LogP contribution < -0.4 is 5.32 Å². The van der Waals surface area contributed by atoms with Crippen LogP contribution in [0.15, 0.2) is 23.4 Å². The Hall–Kier alpha value is -1.17. The molecule has 0 radical (unpaired) electrons. The van der Waals surface area contributed by atoms with Crippen molar-refractivity contribution < 1.29 is 13.6 Å². The number of carbonyl (C=O) groups excluding carboxylic acids is 1. The molecular formula is C13H18F2N2OS. The lowest BCUT2D eigenvalue weighted by molar-refractivity contribution is 0.0949. The number of hydrogen-bond donors (Lipinski definition) is 1. The van der Waals surface area contributed by atoms with Gasteiger partial charge in [0.25, 0.3) is 11.7 Å². The van der Waals surface area contributed by atoms with Crippen LogP contribution in [0.25, 0.3) is 0 Å². The maximum atomic E-state index is 12.3. The Balaban J connectivity index is 2.51. The van der Waals surface area contributed by atoms with E-state index < -0.39 is 5.76 Å². The Kier molecular flexibility index (Phi) is 7.40. The number of carbonyl (C=O) groups is 1. The Bertz CT molecular complexity index is 402. The van der Waals surface area contributed by atoms with Crippen molar-refractivity contribution >= 4 is 17.7 Å². The molecule has 0 aliphatic rings. The normalized spacial score (nSPS) is 10.7. The van der Waals surface area contributed by atoms with Crippen LogP contribution in [-0.2, 0) is 0 Å². The largest absolute Gasteiger partial charge is 0.352 e. The van der Waals surface area contributed by atoms with Crippen LogP contribution in [0, 0.1) is 0 Å². The first-order valence-electron chi connectivity index (χ1n) is 6.33. The molecule has 1 amide bonds. The molecule has 0 spiro atoms. The van der Waals surface area contributed by atoms with Crippen LogP contribution >= 0.6 is 11.8 Å². The summed E-state index contributed by atoms with van der Waals surface area (Å²) in [5.41, 5.74) is 0.211. The summed E-state index contributed by atoms with van der Waals surface area (Å²) < 4.78 is 24.7. The van der Waals surface area contributed by atoms with E-state index in [-0.39, 0.29) is 16.5 Å². The van der Waals surface area contributed by atoms with E-state index in [0.717, 1.165) is 25.7 Å². The first-order valence-corrected chi connectivity index (χ1v) is 7.21. The van der Waals surface area contributed by atoms with E-state index in [1.807, 2.05) is 0 Å².